The van der Waals surface area contributed by atoms with E-state index < -0.39 is 0 Å². The maximum absolute atomic E-state index is 13.2. The molecular weight excluding hydrogens is 257 g/mol. The van der Waals surface area contributed by atoms with Gasteiger partial charge in [-0.25, -0.2) is 4.39 Å². The van der Waals surface area contributed by atoms with Gasteiger partial charge in [0.05, 0.1) is 0 Å². The summed E-state index contributed by atoms with van der Waals surface area (Å²) in [5.74, 6) is 2.31. The lowest BCUT2D eigenvalue weighted by Gasteiger charge is -2.18. The van der Waals surface area contributed by atoms with Crippen LogP contribution in [-0.4, -0.2) is 25.1 Å². The van der Waals surface area contributed by atoms with Gasteiger partial charge in [-0.3, -0.25) is 0 Å². The minimum absolute atomic E-state index is 0.128. The van der Waals surface area contributed by atoms with E-state index in [2.05, 4.69) is 25.4 Å². The van der Waals surface area contributed by atoms with Gasteiger partial charge in [-0.05, 0) is 67.5 Å². The van der Waals surface area contributed by atoms with Crippen LogP contribution in [0.3, 0.4) is 0 Å². The van der Waals surface area contributed by atoms with E-state index in [9.17, 15) is 4.39 Å². The van der Waals surface area contributed by atoms with Crippen LogP contribution < -0.4 is 5.32 Å². The Morgan fingerprint density at radius 2 is 2.05 bits per heavy atom. The van der Waals surface area contributed by atoms with Crippen molar-refractivity contribution in [1.82, 2.24) is 5.32 Å². The first-order chi connectivity index (χ1) is 9.11. The molecule has 1 nitrogen and oxygen atoms in total. The van der Waals surface area contributed by atoms with Gasteiger partial charge in [0, 0.05) is 0 Å². The standard InChI is InChI=1S/C16H26FNS/c1-13(2)11-18-12-15(7-8-19-3)9-14-5-4-6-16(17)10-14/h4-6,10,13,15,18H,7-9,11-12H2,1-3H3. The highest BCUT2D eigenvalue weighted by atomic mass is 32.2. The van der Waals surface area contributed by atoms with Crippen LogP contribution in [0, 0.1) is 17.7 Å². The van der Waals surface area contributed by atoms with E-state index in [1.807, 2.05) is 17.8 Å². The number of nitrogens with one attached hydrogen (secondary N) is 1. The Morgan fingerprint density at radius 1 is 1.26 bits per heavy atom. The van der Waals surface area contributed by atoms with E-state index in [-0.39, 0.29) is 5.82 Å². The summed E-state index contributed by atoms with van der Waals surface area (Å²) < 4.78 is 13.2. The van der Waals surface area contributed by atoms with Gasteiger partial charge in [-0.2, -0.15) is 11.8 Å². The van der Waals surface area contributed by atoms with Crippen molar-refractivity contribution >= 4 is 11.8 Å². The molecule has 1 atom stereocenters. The predicted molar refractivity (Wildman–Crippen MR) is 84.3 cm³/mol. The lowest BCUT2D eigenvalue weighted by molar-refractivity contribution is 0.439. The van der Waals surface area contributed by atoms with Gasteiger partial charge in [0.15, 0.2) is 0 Å². The third kappa shape index (κ3) is 7.58. The van der Waals surface area contributed by atoms with E-state index in [1.165, 1.54) is 18.2 Å². The lowest BCUT2D eigenvalue weighted by Crippen LogP contribution is -2.28. The molecule has 1 unspecified atom stereocenters. The van der Waals surface area contributed by atoms with Crippen molar-refractivity contribution in [1.29, 1.82) is 0 Å². The van der Waals surface area contributed by atoms with Crippen LogP contribution in [0.15, 0.2) is 24.3 Å². The molecule has 0 heterocycles. The van der Waals surface area contributed by atoms with Gasteiger partial charge >= 0.3 is 0 Å². The summed E-state index contributed by atoms with van der Waals surface area (Å²) in [7, 11) is 0. The fraction of sp³-hybridized carbons (Fsp3) is 0.625. The van der Waals surface area contributed by atoms with E-state index in [0.717, 1.165) is 25.1 Å². The molecule has 0 aromatic heterocycles. The van der Waals surface area contributed by atoms with Gasteiger partial charge in [0.25, 0.3) is 0 Å². The highest BCUT2D eigenvalue weighted by Crippen LogP contribution is 2.15. The van der Waals surface area contributed by atoms with Gasteiger partial charge in [0.2, 0.25) is 0 Å². The molecule has 0 spiro atoms. The molecule has 1 aromatic carbocycles. The highest BCUT2D eigenvalue weighted by Gasteiger charge is 2.10. The van der Waals surface area contributed by atoms with Crippen molar-refractivity contribution in [2.45, 2.75) is 26.7 Å². The number of halogens is 1. The molecule has 0 amide bonds. The number of hydrogen-bond donors (Lipinski definition) is 1. The summed E-state index contributed by atoms with van der Waals surface area (Å²) in [5.41, 5.74) is 1.11. The van der Waals surface area contributed by atoms with Crippen LogP contribution in [0.2, 0.25) is 0 Å². The zero-order chi connectivity index (χ0) is 14.1. The lowest BCUT2D eigenvalue weighted by atomic mass is 9.96. The van der Waals surface area contributed by atoms with Gasteiger partial charge in [-0.1, -0.05) is 26.0 Å². The molecule has 0 fully saturated rings. The fourth-order valence-electron chi connectivity index (χ4n) is 2.13. The average Bonchev–Trinajstić information content (AvgIpc) is 2.35. The molecule has 19 heavy (non-hydrogen) atoms. The molecule has 0 aliphatic rings. The molecule has 1 N–H and O–H groups in total. The van der Waals surface area contributed by atoms with Crippen molar-refractivity contribution in [2.75, 3.05) is 25.1 Å². The fourth-order valence-corrected chi connectivity index (χ4v) is 2.70. The zero-order valence-electron chi connectivity index (χ0n) is 12.3. The Bertz CT molecular complexity index is 354. The third-order valence-electron chi connectivity index (χ3n) is 3.13. The maximum atomic E-state index is 13.2. The Hall–Kier alpha value is -0.540. The summed E-state index contributed by atoms with van der Waals surface area (Å²) in [6, 6.07) is 7.00. The summed E-state index contributed by atoms with van der Waals surface area (Å²) in [5, 5.41) is 3.53. The van der Waals surface area contributed by atoms with Crippen LogP contribution >= 0.6 is 11.8 Å². The van der Waals surface area contributed by atoms with Crippen LogP contribution in [0.5, 0.6) is 0 Å². The second-order valence-corrected chi connectivity index (χ2v) is 6.52. The first-order valence-corrected chi connectivity index (χ1v) is 8.45. The zero-order valence-corrected chi connectivity index (χ0v) is 13.1. The largest absolute Gasteiger partial charge is 0.316 e. The monoisotopic (exact) mass is 283 g/mol. The van der Waals surface area contributed by atoms with Crippen LogP contribution in [0.25, 0.3) is 0 Å². The van der Waals surface area contributed by atoms with Gasteiger partial charge < -0.3 is 5.32 Å². The van der Waals surface area contributed by atoms with Gasteiger partial charge in [0.1, 0.15) is 5.82 Å². The first-order valence-electron chi connectivity index (χ1n) is 7.06. The van der Waals surface area contributed by atoms with Crippen molar-refractivity contribution in [2.24, 2.45) is 11.8 Å². The molecule has 108 valence electrons. The van der Waals surface area contributed by atoms with Gasteiger partial charge in [-0.15, -0.1) is 0 Å². The van der Waals surface area contributed by atoms with Crippen LogP contribution in [0.1, 0.15) is 25.8 Å². The Labute approximate surface area is 121 Å². The molecule has 0 aliphatic heterocycles. The number of thioether (sulfide) groups is 1. The quantitative estimate of drug-likeness (QED) is 0.735. The van der Waals surface area contributed by atoms with Crippen LogP contribution in [0.4, 0.5) is 4.39 Å². The number of rotatable bonds is 9. The molecule has 3 heteroatoms. The summed E-state index contributed by atoms with van der Waals surface area (Å²) in [4.78, 5) is 0. The molecule has 0 aliphatic carbocycles. The van der Waals surface area contributed by atoms with E-state index in [1.54, 1.807) is 12.1 Å². The number of hydrogen-bond acceptors (Lipinski definition) is 2. The second kappa shape index (κ2) is 9.38. The topological polar surface area (TPSA) is 12.0 Å². The Balaban J connectivity index is 2.48. The SMILES string of the molecule is CSCCC(CNCC(C)C)Cc1cccc(F)c1. The summed E-state index contributed by atoms with van der Waals surface area (Å²) in [6.07, 6.45) is 4.28. The molecule has 0 bridgehead atoms. The van der Waals surface area contributed by atoms with Crippen molar-refractivity contribution in [3.05, 3.63) is 35.6 Å². The molecule has 1 rings (SSSR count). The van der Waals surface area contributed by atoms with E-state index in [0.29, 0.717) is 11.8 Å². The van der Waals surface area contributed by atoms with Crippen molar-refractivity contribution in [3.8, 4) is 0 Å². The Kier molecular flexibility index (Phi) is 8.15. The number of benzene rings is 1. The minimum Gasteiger partial charge on any atom is -0.316 e. The van der Waals surface area contributed by atoms with Crippen LogP contribution in [-0.2, 0) is 6.42 Å². The minimum atomic E-state index is -0.128. The summed E-state index contributed by atoms with van der Waals surface area (Å²) in [6.45, 7) is 6.51. The van der Waals surface area contributed by atoms with Crippen molar-refractivity contribution in [3.63, 3.8) is 0 Å². The molecule has 0 saturated heterocycles. The summed E-state index contributed by atoms with van der Waals surface area (Å²) >= 11 is 1.88. The second-order valence-electron chi connectivity index (χ2n) is 5.53. The normalized spacial score (nSPS) is 12.9. The highest BCUT2D eigenvalue weighted by molar-refractivity contribution is 7.98. The molecule has 1 aromatic rings. The average molecular weight is 283 g/mol. The predicted octanol–water partition coefficient (Wildman–Crippen LogP) is 3.98. The maximum Gasteiger partial charge on any atom is 0.123 e. The van der Waals surface area contributed by atoms with E-state index >= 15 is 0 Å². The third-order valence-corrected chi connectivity index (χ3v) is 3.77. The molecule has 0 radical (unpaired) electrons. The first kappa shape index (κ1) is 16.5. The smallest absolute Gasteiger partial charge is 0.123 e. The molecule has 0 saturated carbocycles. The Morgan fingerprint density at radius 3 is 2.68 bits per heavy atom. The molecular formula is C16H26FNS. The van der Waals surface area contributed by atoms with Crippen molar-refractivity contribution < 1.29 is 4.39 Å². The van der Waals surface area contributed by atoms with E-state index in [4.69, 9.17) is 0 Å².